The summed E-state index contributed by atoms with van der Waals surface area (Å²) in [4.78, 5) is 17.2. The second-order valence-corrected chi connectivity index (χ2v) is 7.51. The first-order valence-electron chi connectivity index (χ1n) is 9.12. The first-order valence-corrected chi connectivity index (χ1v) is 9.12. The summed E-state index contributed by atoms with van der Waals surface area (Å²) in [5.41, 5.74) is 2.56. The molecule has 0 bridgehead atoms. The number of pyridine rings is 1. The molecule has 0 fully saturated rings. The number of hydrogen-bond donors (Lipinski definition) is 3. The van der Waals surface area contributed by atoms with Crippen molar-refractivity contribution in [2.75, 3.05) is 0 Å². The van der Waals surface area contributed by atoms with E-state index in [0.29, 0.717) is 36.0 Å². The predicted molar refractivity (Wildman–Crippen MR) is 104 cm³/mol. The van der Waals surface area contributed by atoms with Crippen molar-refractivity contribution in [2.45, 2.75) is 51.9 Å². The minimum atomic E-state index is -1.09. The lowest BCUT2D eigenvalue weighted by atomic mass is 9.75. The fourth-order valence-electron chi connectivity index (χ4n) is 3.43. The number of carbonyl (C=O) groups excluding carboxylic acids is 1. The molecule has 0 unspecified atom stereocenters. The van der Waals surface area contributed by atoms with Crippen LogP contribution in [0.5, 0.6) is 0 Å². The number of fused-ring (bicyclic) bond motifs is 1. The summed E-state index contributed by atoms with van der Waals surface area (Å²) >= 11 is 0. The zero-order valence-corrected chi connectivity index (χ0v) is 15.9. The van der Waals surface area contributed by atoms with Crippen molar-refractivity contribution in [3.63, 3.8) is 0 Å². The summed E-state index contributed by atoms with van der Waals surface area (Å²) in [6.45, 7) is 5.52. The number of aryl methyl sites for hydroxylation is 1. The molecule has 0 spiro atoms. The Morgan fingerprint density at radius 3 is 2.81 bits per heavy atom. The van der Waals surface area contributed by atoms with Gasteiger partial charge in [0, 0.05) is 17.5 Å². The molecular formula is C20H25BN2O4. The lowest BCUT2D eigenvalue weighted by Crippen LogP contribution is -2.50. The molecule has 142 valence electrons. The van der Waals surface area contributed by atoms with Gasteiger partial charge in [0.25, 0.3) is 5.91 Å². The SMILES string of the molecule is Cc1c(C(=O)N[C@@H](CCc2ccccn2)C(C)(C)O)ccc2c1B(O)OC2. The summed E-state index contributed by atoms with van der Waals surface area (Å²) in [5, 5.41) is 23.5. The molecule has 27 heavy (non-hydrogen) atoms. The smallest absolute Gasteiger partial charge is 0.423 e. The quantitative estimate of drug-likeness (QED) is 0.665. The summed E-state index contributed by atoms with van der Waals surface area (Å²) in [6.07, 6.45) is 2.93. The number of carbonyl (C=O) groups is 1. The maximum absolute atomic E-state index is 12.9. The van der Waals surface area contributed by atoms with Crippen molar-refractivity contribution in [1.29, 1.82) is 0 Å². The maximum atomic E-state index is 12.9. The number of aliphatic hydroxyl groups is 1. The van der Waals surface area contributed by atoms with Crippen LogP contribution in [0.1, 0.15) is 47.4 Å². The van der Waals surface area contributed by atoms with E-state index in [1.165, 1.54) is 0 Å². The Labute approximate surface area is 159 Å². The number of benzene rings is 1. The van der Waals surface area contributed by atoms with Gasteiger partial charge < -0.3 is 20.1 Å². The average Bonchev–Trinajstić information content (AvgIpc) is 3.00. The van der Waals surface area contributed by atoms with Gasteiger partial charge in [0.1, 0.15) is 0 Å². The summed E-state index contributed by atoms with van der Waals surface area (Å²) in [7, 11) is -0.998. The van der Waals surface area contributed by atoms with Crippen molar-refractivity contribution < 1.29 is 19.6 Å². The highest BCUT2D eigenvalue weighted by atomic mass is 16.5. The Balaban J connectivity index is 1.76. The molecule has 1 aromatic heterocycles. The molecule has 7 heteroatoms. The van der Waals surface area contributed by atoms with Crippen molar-refractivity contribution >= 4 is 18.5 Å². The van der Waals surface area contributed by atoms with E-state index in [0.717, 1.165) is 11.3 Å². The Bertz CT molecular complexity index is 821. The molecule has 2 heterocycles. The van der Waals surface area contributed by atoms with Crippen LogP contribution in [0.2, 0.25) is 0 Å². The predicted octanol–water partition coefficient (Wildman–Crippen LogP) is 1.11. The molecular weight excluding hydrogens is 343 g/mol. The molecule has 0 aliphatic carbocycles. The number of nitrogens with one attached hydrogen (secondary N) is 1. The van der Waals surface area contributed by atoms with Gasteiger partial charge in [0.05, 0.1) is 18.2 Å². The Hall–Kier alpha value is -2.22. The zero-order chi connectivity index (χ0) is 19.6. The van der Waals surface area contributed by atoms with Gasteiger partial charge in [0.15, 0.2) is 0 Å². The topological polar surface area (TPSA) is 91.7 Å². The van der Waals surface area contributed by atoms with E-state index >= 15 is 0 Å². The van der Waals surface area contributed by atoms with Crippen molar-refractivity contribution in [3.8, 4) is 0 Å². The minimum Gasteiger partial charge on any atom is -0.423 e. The Morgan fingerprint density at radius 2 is 2.15 bits per heavy atom. The second-order valence-electron chi connectivity index (χ2n) is 7.51. The van der Waals surface area contributed by atoms with Crippen LogP contribution in [0.3, 0.4) is 0 Å². The standard InChI is InChI=1S/C20H25BN2O4/c1-13-16(9-7-14-12-27-21(26)18(13)14)19(24)23-17(20(2,3)25)10-8-15-6-4-5-11-22-15/h4-7,9,11,17,25-26H,8,10,12H2,1-3H3,(H,23,24)/t17-/m0/s1. The lowest BCUT2D eigenvalue weighted by Gasteiger charge is -2.30. The third-order valence-electron chi connectivity index (χ3n) is 5.07. The highest BCUT2D eigenvalue weighted by molar-refractivity contribution is 6.62. The third kappa shape index (κ3) is 4.38. The second kappa shape index (κ2) is 7.80. The van der Waals surface area contributed by atoms with E-state index < -0.39 is 18.8 Å². The van der Waals surface area contributed by atoms with Gasteiger partial charge in [0.2, 0.25) is 0 Å². The van der Waals surface area contributed by atoms with Gasteiger partial charge in [-0.1, -0.05) is 12.1 Å². The van der Waals surface area contributed by atoms with Crippen LogP contribution in [-0.2, 0) is 17.7 Å². The number of nitrogens with zero attached hydrogens (tertiary/aromatic N) is 1. The Kier molecular flexibility index (Phi) is 5.65. The van der Waals surface area contributed by atoms with Crippen LogP contribution in [0.4, 0.5) is 0 Å². The number of rotatable bonds is 6. The molecule has 0 radical (unpaired) electrons. The molecule has 3 N–H and O–H groups in total. The first-order chi connectivity index (χ1) is 12.8. The fraction of sp³-hybridized carbons (Fsp3) is 0.400. The molecule has 2 aromatic rings. The fourth-order valence-corrected chi connectivity index (χ4v) is 3.43. The number of hydrogen-bond acceptors (Lipinski definition) is 5. The molecule has 0 saturated heterocycles. The molecule has 3 rings (SSSR count). The van der Waals surface area contributed by atoms with Crippen molar-refractivity contribution in [2.24, 2.45) is 0 Å². The molecule has 0 saturated carbocycles. The maximum Gasteiger partial charge on any atom is 0.492 e. The average molecular weight is 368 g/mol. The zero-order valence-electron chi connectivity index (χ0n) is 15.9. The minimum absolute atomic E-state index is 0.275. The van der Waals surface area contributed by atoms with E-state index in [2.05, 4.69) is 10.3 Å². The van der Waals surface area contributed by atoms with Gasteiger partial charge in [-0.3, -0.25) is 9.78 Å². The van der Waals surface area contributed by atoms with E-state index in [1.807, 2.05) is 18.2 Å². The normalized spacial score (nSPS) is 14.8. The highest BCUT2D eigenvalue weighted by Crippen LogP contribution is 2.19. The molecule has 1 atom stereocenters. The van der Waals surface area contributed by atoms with Crippen LogP contribution in [0.15, 0.2) is 36.5 Å². The van der Waals surface area contributed by atoms with Gasteiger partial charge in [-0.15, -0.1) is 0 Å². The summed E-state index contributed by atoms with van der Waals surface area (Å²) in [6, 6.07) is 8.80. The number of amides is 1. The van der Waals surface area contributed by atoms with Crippen LogP contribution in [-0.4, -0.2) is 39.8 Å². The van der Waals surface area contributed by atoms with Crippen LogP contribution < -0.4 is 10.8 Å². The monoisotopic (exact) mass is 368 g/mol. The van der Waals surface area contributed by atoms with Gasteiger partial charge in [-0.25, -0.2) is 0 Å². The van der Waals surface area contributed by atoms with Gasteiger partial charge in [-0.2, -0.15) is 0 Å². The summed E-state index contributed by atoms with van der Waals surface area (Å²) in [5.74, 6) is -0.275. The third-order valence-corrected chi connectivity index (χ3v) is 5.07. The van der Waals surface area contributed by atoms with Crippen LogP contribution in [0.25, 0.3) is 0 Å². The molecule has 6 nitrogen and oxygen atoms in total. The van der Waals surface area contributed by atoms with E-state index in [-0.39, 0.29) is 5.91 Å². The van der Waals surface area contributed by atoms with Gasteiger partial charge in [-0.05, 0) is 68.4 Å². The van der Waals surface area contributed by atoms with Crippen LogP contribution in [0, 0.1) is 6.92 Å². The largest absolute Gasteiger partial charge is 0.492 e. The number of aromatic nitrogens is 1. The lowest BCUT2D eigenvalue weighted by molar-refractivity contribution is 0.0321. The van der Waals surface area contributed by atoms with Gasteiger partial charge >= 0.3 is 7.12 Å². The van der Waals surface area contributed by atoms with Crippen molar-refractivity contribution in [3.05, 3.63) is 58.9 Å². The molecule has 1 amide bonds. The van der Waals surface area contributed by atoms with E-state index in [1.54, 1.807) is 39.1 Å². The van der Waals surface area contributed by atoms with E-state index in [9.17, 15) is 14.9 Å². The highest BCUT2D eigenvalue weighted by Gasteiger charge is 2.33. The van der Waals surface area contributed by atoms with E-state index in [4.69, 9.17) is 4.65 Å². The molecule has 1 aliphatic rings. The first kappa shape index (κ1) is 19.5. The van der Waals surface area contributed by atoms with Crippen LogP contribution >= 0.6 is 0 Å². The molecule has 1 aromatic carbocycles. The van der Waals surface area contributed by atoms with Crippen molar-refractivity contribution in [1.82, 2.24) is 10.3 Å². The molecule has 1 aliphatic heterocycles. The Morgan fingerprint density at radius 1 is 1.37 bits per heavy atom. The summed E-state index contributed by atoms with van der Waals surface area (Å²) < 4.78 is 5.24.